The molecule has 1 saturated heterocycles. The number of hydrogen-bond donors (Lipinski definition) is 1. The molecule has 0 spiro atoms. The summed E-state index contributed by atoms with van der Waals surface area (Å²) in [6.07, 6.45) is 4.97. The fourth-order valence-corrected chi connectivity index (χ4v) is 2.90. The Morgan fingerprint density at radius 3 is 2.75 bits per heavy atom. The highest BCUT2D eigenvalue weighted by molar-refractivity contribution is 7.71. The first kappa shape index (κ1) is 10.3. The third-order valence-corrected chi connectivity index (χ3v) is 4.03. The van der Waals surface area contributed by atoms with Crippen molar-refractivity contribution in [2.75, 3.05) is 11.4 Å². The lowest BCUT2D eigenvalue weighted by Crippen LogP contribution is -2.39. The molecule has 0 amide bonds. The number of hydrogen-bond acceptors (Lipinski definition) is 3. The van der Waals surface area contributed by atoms with E-state index in [0.29, 0.717) is 6.04 Å². The minimum Gasteiger partial charge on any atom is -0.336 e. The molecule has 1 aliphatic heterocycles. The summed E-state index contributed by atoms with van der Waals surface area (Å²) in [4.78, 5) is 2.40. The van der Waals surface area contributed by atoms with Crippen molar-refractivity contribution in [3.8, 4) is 0 Å². The van der Waals surface area contributed by atoms with Gasteiger partial charge in [-0.3, -0.25) is 4.57 Å². The highest BCUT2D eigenvalue weighted by Gasteiger charge is 2.37. The van der Waals surface area contributed by atoms with Crippen LogP contribution in [0.25, 0.3) is 0 Å². The normalized spacial score (nSPS) is 24.0. The molecule has 1 N–H and O–H groups in total. The number of rotatable bonds is 2. The van der Waals surface area contributed by atoms with Crippen LogP contribution in [0.4, 0.5) is 5.95 Å². The van der Waals surface area contributed by atoms with Gasteiger partial charge in [-0.25, -0.2) is 5.10 Å². The van der Waals surface area contributed by atoms with Gasteiger partial charge in [-0.15, -0.1) is 5.10 Å². The fraction of sp³-hybridized carbons (Fsp3) is 0.818. The van der Waals surface area contributed by atoms with E-state index in [0.717, 1.165) is 17.3 Å². The van der Waals surface area contributed by atoms with Crippen molar-refractivity contribution in [2.24, 2.45) is 0 Å². The van der Waals surface area contributed by atoms with Gasteiger partial charge in [0.1, 0.15) is 0 Å². The number of aromatic nitrogens is 3. The molecule has 0 unspecified atom stereocenters. The highest BCUT2D eigenvalue weighted by atomic mass is 32.1. The van der Waals surface area contributed by atoms with Crippen LogP contribution in [0.1, 0.15) is 45.6 Å². The first-order valence-electron chi connectivity index (χ1n) is 6.04. The van der Waals surface area contributed by atoms with Crippen molar-refractivity contribution < 1.29 is 0 Å². The van der Waals surface area contributed by atoms with Gasteiger partial charge in [-0.1, -0.05) is 0 Å². The first-order valence-corrected chi connectivity index (χ1v) is 6.45. The minimum absolute atomic E-state index is 0.216. The van der Waals surface area contributed by atoms with E-state index in [1.54, 1.807) is 0 Å². The predicted molar refractivity (Wildman–Crippen MR) is 66.3 cm³/mol. The summed E-state index contributed by atoms with van der Waals surface area (Å²) in [7, 11) is 0. The molecule has 1 aliphatic carbocycles. The molecule has 1 aromatic heterocycles. The first-order chi connectivity index (χ1) is 7.59. The Labute approximate surface area is 101 Å². The molecule has 88 valence electrons. The average Bonchev–Trinajstić information content (AvgIpc) is 2.89. The second kappa shape index (κ2) is 3.32. The molecule has 2 fully saturated rings. The van der Waals surface area contributed by atoms with Crippen molar-refractivity contribution >= 4 is 18.2 Å². The van der Waals surface area contributed by atoms with Crippen molar-refractivity contribution in [1.29, 1.82) is 0 Å². The van der Waals surface area contributed by atoms with Gasteiger partial charge in [0.25, 0.3) is 0 Å². The Kier molecular flexibility index (Phi) is 2.14. The monoisotopic (exact) mass is 238 g/mol. The van der Waals surface area contributed by atoms with Gasteiger partial charge in [0.05, 0.1) is 0 Å². The summed E-state index contributed by atoms with van der Waals surface area (Å²) in [5, 5.41) is 7.37. The Balaban J connectivity index is 2.03. The lowest BCUT2D eigenvalue weighted by molar-refractivity contribution is 0.500. The maximum Gasteiger partial charge on any atom is 0.226 e. The Morgan fingerprint density at radius 2 is 2.19 bits per heavy atom. The van der Waals surface area contributed by atoms with Crippen LogP contribution in [0.5, 0.6) is 0 Å². The van der Waals surface area contributed by atoms with Gasteiger partial charge >= 0.3 is 0 Å². The number of aromatic amines is 1. The summed E-state index contributed by atoms with van der Waals surface area (Å²) in [5.74, 6) is 1.05. The van der Waals surface area contributed by atoms with Crippen LogP contribution in [0.15, 0.2) is 0 Å². The molecular weight excluding hydrogens is 220 g/mol. The van der Waals surface area contributed by atoms with Crippen LogP contribution in [0, 0.1) is 4.77 Å². The van der Waals surface area contributed by atoms with Crippen LogP contribution in [0.3, 0.4) is 0 Å². The molecule has 5 heteroatoms. The third kappa shape index (κ3) is 1.49. The Hall–Kier alpha value is -0.840. The molecular formula is C11H18N4S. The quantitative estimate of drug-likeness (QED) is 0.805. The smallest absolute Gasteiger partial charge is 0.226 e. The van der Waals surface area contributed by atoms with E-state index in [-0.39, 0.29) is 5.54 Å². The van der Waals surface area contributed by atoms with E-state index in [1.807, 2.05) is 0 Å². The van der Waals surface area contributed by atoms with Crippen molar-refractivity contribution in [3.63, 3.8) is 0 Å². The number of nitrogens with zero attached hydrogens (tertiary/aromatic N) is 3. The summed E-state index contributed by atoms with van der Waals surface area (Å²) < 4.78 is 2.99. The molecule has 1 aromatic rings. The van der Waals surface area contributed by atoms with E-state index >= 15 is 0 Å². The van der Waals surface area contributed by atoms with Crippen molar-refractivity contribution in [3.05, 3.63) is 4.77 Å². The highest BCUT2D eigenvalue weighted by Crippen LogP contribution is 2.40. The zero-order valence-corrected chi connectivity index (χ0v) is 10.7. The molecule has 2 heterocycles. The zero-order valence-electron chi connectivity index (χ0n) is 9.86. The largest absolute Gasteiger partial charge is 0.336 e. The van der Waals surface area contributed by atoms with E-state index in [4.69, 9.17) is 12.2 Å². The molecule has 4 nitrogen and oxygen atoms in total. The standard InChI is InChI=1S/C11H18N4S/c1-11(2)6-3-7-14(11)9-12-13-10(16)15(9)8-4-5-8/h8H,3-7H2,1-2H3,(H,13,16). The van der Waals surface area contributed by atoms with Gasteiger partial charge in [0.2, 0.25) is 5.95 Å². The average molecular weight is 238 g/mol. The van der Waals surface area contributed by atoms with Gasteiger partial charge in [0.15, 0.2) is 4.77 Å². The van der Waals surface area contributed by atoms with E-state index in [2.05, 4.69) is 33.5 Å². The molecule has 3 rings (SSSR count). The van der Waals surface area contributed by atoms with Gasteiger partial charge in [0, 0.05) is 18.1 Å². The Morgan fingerprint density at radius 1 is 1.44 bits per heavy atom. The summed E-state index contributed by atoms with van der Waals surface area (Å²) >= 11 is 5.32. The summed E-state index contributed by atoms with van der Waals surface area (Å²) in [6.45, 7) is 5.67. The number of nitrogens with one attached hydrogen (secondary N) is 1. The topological polar surface area (TPSA) is 36.9 Å². The lowest BCUT2D eigenvalue weighted by atomic mass is 10.0. The maximum absolute atomic E-state index is 5.32. The van der Waals surface area contributed by atoms with E-state index in [1.165, 1.54) is 25.7 Å². The predicted octanol–water partition coefficient (Wildman–Crippen LogP) is 2.65. The second-order valence-electron chi connectivity index (χ2n) is 5.50. The molecule has 2 aliphatic rings. The number of anilines is 1. The van der Waals surface area contributed by atoms with Crippen molar-refractivity contribution in [1.82, 2.24) is 14.8 Å². The van der Waals surface area contributed by atoms with E-state index < -0.39 is 0 Å². The van der Waals surface area contributed by atoms with Gasteiger partial charge < -0.3 is 4.90 Å². The Bertz CT molecular complexity index is 455. The zero-order chi connectivity index (χ0) is 11.3. The van der Waals surface area contributed by atoms with E-state index in [9.17, 15) is 0 Å². The summed E-state index contributed by atoms with van der Waals surface area (Å²) in [6, 6.07) is 0.595. The molecule has 0 bridgehead atoms. The minimum atomic E-state index is 0.216. The van der Waals surface area contributed by atoms with Crippen LogP contribution in [0.2, 0.25) is 0 Å². The van der Waals surface area contributed by atoms with Gasteiger partial charge in [-0.05, 0) is 51.7 Å². The molecule has 0 atom stereocenters. The molecule has 0 aromatic carbocycles. The molecule has 0 radical (unpaired) electrons. The fourth-order valence-electron chi connectivity index (χ4n) is 2.63. The third-order valence-electron chi connectivity index (χ3n) is 3.74. The van der Waals surface area contributed by atoms with Crippen LogP contribution < -0.4 is 4.90 Å². The molecule has 1 saturated carbocycles. The van der Waals surface area contributed by atoms with Crippen LogP contribution >= 0.6 is 12.2 Å². The second-order valence-corrected chi connectivity index (χ2v) is 5.88. The SMILES string of the molecule is CC1(C)CCCN1c1n[nH]c(=S)n1C1CC1. The van der Waals surface area contributed by atoms with Crippen LogP contribution in [-0.4, -0.2) is 26.8 Å². The van der Waals surface area contributed by atoms with Gasteiger partial charge in [-0.2, -0.15) is 0 Å². The molecule has 16 heavy (non-hydrogen) atoms. The lowest BCUT2D eigenvalue weighted by Gasteiger charge is -2.32. The number of H-pyrrole nitrogens is 1. The van der Waals surface area contributed by atoms with Crippen LogP contribution in [-0.2, 0) is 0 Å². The van der Waals surface area contributed by atoms with Crippen molar-refractivity contribution in [2.45, 2.75) is 51.1 Å². The summed E-state index contributed by atoms with van der Waals surface area (Å²) in [5.41, 5.74) is 0.216. The maximum atomic E-state index is 5.32.